The highest BCUT2D eigenvalue weighted by atomic mass is 19.3. The fourth-order valence-electron chi connectivity index (χ4n) is 5.54. The number of benzene rings is 4. The summed E-state index contributed by atoms with van der Waals surface area (Å²) < 4.78 is 107. The topological polar surface area (TPSA) is 9.23 Å². The van der Waals surface area contributed by atoms with Gasteiger partial charge < -0.3 is 4.74 Å². The number of alkyl halides is 2. The third kappa shape index (κ3) is 5.80. The molecule has 0 saturated carbocycles. The van der Waals surface area contributed by atoms with Crippen LogP contribution >= 0.6 is 0 Å². The number of hydrogen-bond acceptors (Lipinski definition) is 1. The SMILES string of the molecule is C=Cc1c(F)cc(OC(F)(F)c2c(F)cc(-c3ccc(-c4ccc5c(c4)CC(CCCC)C5)cc3F)cc2F)cc1F. The molecule has 0 radical (unpaired) electrons. The first-order valence-corrected chi connectivity index (χ1v) is 13.6. The Morgan fingerprint density at radius 1 is 0.762 bits per heavy atom. The van der Waals surface area contributed by atoms with Gasteiger partial charge in [-0.05, 0) is 71.2 Å². The zero-order valence-corrected chi connectivity index (χ0v) is 22.7. The maximum Gasteiger partial charge on any atom is 0.432 e. The van der Waals surface area contributed by atoms with E-state index in [9.17, 15) is 26.3 Å². The minimum Gasteiger partial charge on any atom is -0.429 e. The minimum absolute atomic E-state index is 0.197. The zero-order chi connectivity index (χ0) is 30.2. The van der Waals surface area contributed by atoms with E-state index in [0.29, 0.717) is 35.7 Å². The Labute approximate surface area is 239 Å². The van der Waals surface area contributed by atoms with Crippen molar-refractivity contribution < 1.29 is 35.5 Å². The van der Waals surface area contributed by atoms with Gasteiger partial charge in [0.2, 0.25) is 0 Å². The third-order valence-corrected chi connectivity index (χ3v) is 7.64. The van der Waals surface area contributed by atoms with Crippen molar-refractivity contribution in [1.29, 1.82) is 0 Å². The van der Waals surface area contributed by atoms with Gasteiger partial charge in [-0.15, -0.1) is 0 Å². The number of rotatable bonds is 9. The van der Waals surface area contributed by atoms with Gasteiger partial charge in [-0.2, -0.15) is 8.78 Å². The van der Waals surface area contributed by atoms with Gasteiger partial charge in [-0.3, -0.25) is 0 Å². The predicted octanol–water partition coefficient (Wildman–Crippen LogP) is 10.4. The lowest BCUT2D eigenvalue weighted by Gasteiger charge is -2.20. The highest BCUT2D eigenvalue weighted by Gasteiger charge is 2.41. The largest absolute Gasteiger partial charge is 0.432 e. The molecule has 0 heterocycles. The van der Waals surface area contributed by atoms with Gasteiger partial charge in [0.1, 0.15) is 40.4 Å². The normalized spacial score (nSPS) is 14.6. The third-order valence-electron chi connectivity index (χ3n) is 7.64. The molecule has 0 aromatic heterocycles. The zero-order valence-electron chi connectivity index (χ0n) is 22.7. The van der Waals surface area contributed by atoms with Crippen LogP contribution in [0.4, 0.5) is 30.7 Å². The monoisotopic (exact) mass is 584 g/mol. The number of halogens is 7. The first kappa shape index (κ1) is 29.4. The Hall–Kier alpha value is -4.07. The van der Waals surface area contributed by atoms with Gasteiger partial charge in [-0.25, -0.2) is 22.0 Å². The summed E-state index contributed by atoms with van der Waals surface area (Å²) in [7, 11) is 0. The molecule has 4 aromatic carbocycles. The van der Waals surface area contributed by atoms with E-state index < -0.39 is 52.1 Å². The molecule has 8 heteroatoms. The molecule has 42 heavy (non-hydrogen) atoms. The first-order valence-electron chi connectivity index (χ1n) is 13.6. The number of fused-ring (bicyclic) bond motifs is 1. The number of ether oxygens (including phenoxy) is 1. The van der Waals surface area contributed by atoms with Crippen molar-refractivity contribution in [2.75, 3.05) is 0 Å². The highest BCUT2D eigenvalue weighted by Crippen LogP contribution is 2.39. The molecule has 0 amide bonds. The Morgan fingerprint density at radius 2 is 1.36 bits per heavy atom. The van der Waals surface area contributed by atoms with Gasteiger partial charge in [0, 0.05) is 23.3 Å². The van der Waals surface area contributed by atoms with Gasteiger partial charge in [0.25, 0.3) is 0 Å². The molecule has 1 unspecified atom stereocenters. The minimum atomic E-state index is -4.65. The molecule has 1 aliphatic carbocycles. The Balaban J connectivity index is 1.39. The second kappa shape index (κ2) is 11.7. The quantitative estimate of drug-likeness (QED) is 0.178. The Morgan fingerprint density at radius 3 is 1.98 bits per heavy atom. The number of hydrogen-bond donors (Lipinski definition) is 0. The molecule has 4 aromatic rings. The van der Waals surface area contributed by atoms with Gasteiger partial charge in [0.05, 0.1) is 0 Å². The van der Waals surface area contributed by atoms with Crippen LogP contribution in [0.15, 0.2) is 67.2 Å². The average molecular weight is 585 g/mol. The summed E-state index contributed by atoms with van der Waals surface area (Å²) in [6.07, 6.45) is 1.66. The molecular formula is C34H27F7O. The summed E-state index contributed by atoms with van der Waals surface area (Å²) in [6, 6.07) is 12.2. The number of unbranched alkanes of at least 4 members (excludes halogenated alkanes) is 1. The van der Waals surface area contributed by atoms with Crippen molar-refractivity contribution >= 4 is 6.08 Å². The summed E-state index contributed by atoms with van der Waals surface area (Å²) in [6.45, 7) is 5.38. The van der Waals surface area contributed by atoms with Gasteiger partial charge in [-0.1, -0.05) is 62.8 Å². The van der Waals surface area contributed by atoms with E-state index in [1.807, 2.05) is 18.2 Å². The van der Waals surface area contributed by atoms with Crippen LogP contribution in [0.2, 0.25) is 0 Å². The van der Waals surface area contributed by atoms with Crippen LogP contribution in [0, 0.1) is 35.0 Å². The van der Waals surface area contributed by atoms with E-state index in [4.69, 9.17) is 0 Å². The van der Waals surface area contributed by atoms with E-state index in [-0.39, 0.29) is 11.1 Å². The molecule has 0 saturated heterocycles. The van der Waals surface area contributed by atoms with E-state index in [0.717, 1.165) is 37.3 Å². The second-order valence-electron chi connectivity index (χ2n) is 10.5. The lowest BCUT2D eigenvalue weighted by molar-refractivity contribution is -0.189. The predicted molar refractivity (Wildman–Crippen MR) is 149 cm³/mol. The van der Waals surface area contributed by atoms with Crippen LogP contribution in [0.3, 0.4) is 0 Å². The summed E-state index contributed by atoms with van der Waals surface area (Å²) in [5.74, 6) is -7.13. The summed E-state index contributed by atoms with van der Waals surface area (Å²) in [4.78, 5) is 0. The van der Waals surface area contributed by atoms with Crippen molar-refractivity contribution in [3.63, 3.8) is 0 Å². The molecule has 1 aliphatic rings. The van der Waals surface area contributed by atoms with Crippen molar-refractivity contribution in [2.24, 2.45) is 5.92 Å². The Bertz CT molecular complexity index is 1610. The second-order valence-corrected chi connectivity index (χ2v) is 10.5. The molecule has 0 fully saturated rings. The first-order chi connectivity index (χ1) is 20.0. The van der Waals surface area contributed by atoms with E-state index in [2.05, 4.69) is 18.2 Å². The van der Waals surface area contributed by atoms with E-state index in [1.54, 1.807) is 6.07 Å². The van der Waals surface area contributed by atoms with E-state index in [1.165, 1.54) is 29.7 Å². The molecule has 5 rings (SSSR count). The molecule has 0 N–H and O–H groups in total. The Kier molecular flexibility index (Phi) is 8.17. The van der Waals surface area contributed by atoms with Crippen LogP contribution in [0.25, 0.3) is 28.3 Å². The molecular weight excluding hydrogens is 557 g/mol. The molecule has 0 bridgehead atoms. The fourth-order valence-corrected chi connectivity index (χ4v) is 5.54. The lowest BCUT2D eigenvalue weighted by atomic mass is 9.96. The molecule has 1 atom stereocenters. The average Bonchev–Trinajstić information content (AvgIpc) is 3.33. The fraction of sp³-hybridized carbons (Fsp3) is 0.235. The van der Waals surface area contributed by atoms with E-state index >= 15 is 4.39 Å². The maximum absolute atomic E-state index is 15.2. The molecule has 1 nitrogen and oxygen atoms in total. The van der Waals surface area contributed by atoms with Crippen LogP contribution in [0.5, 0.6) is 5.75 Å². The van der Waals surface area contributed by atoms with Crippen molar-refractivity contribution in [3.05, 3.63) is 119 Å². The smallest absolute Gasteiger partial charge is 0.429 e. The van der Waals surface area contributed by atoms with Gasteiger partial charge in [0.15, 0.2) is 0 Å². The molecule has 218 valence electrons. The maximum atomic E-state index is 15.2. The van der Waals surface area contributed by atoms with Crippen LogP contribution in [-0.2, 0) is 19.0 Å². The molecule has 0 aliphatic heterocycles. The summed E-state index contributed by atoms with van der Waals surface area (Å²) >= 11 is 0. The highest BCUT2D eigenvalue weighted by molar-refractivity contribution is 5.72. The van der Waals surface area contributed by atoms with Gasteiger partial charge >= 0.3 is 6.11 Å². The van der Waals surface area contributed by atoms with Crippen molar-refractivity contribution in [3.8, 4) is 28.0 Å². The lowest BCUT2D eigenvalue weighted by Crippen LogP contribution is -2.25. The van der Waals surface area contributed by atoms with Crippen molar-refractivity contribution in [2.45, 2.75) is 45.1 Å². The standard InChI is InChI=1S/C34H27F7O/c1-3-5-6-19-11-20-7-8-21(13-23(20)12-19)22-9-10-27(28(35)14-22)24-15-31(38)33(32(39)16-24)34(40,41)42-25-17-29(36)26(4-2)30(37)18-25/h4,7-10,13-19H,2-3,5-6,11-12H2,1H3. The van der Waals surface area contributed by atoms with Crippen LogP contribution in [-0.4, -0.2) is 0 Å². The summed E-state index contributed by atoms with van der Waals surface area (Å²) in [5, 5.41) is 0. The van der Waals surface area contributed by atoms with Crippen LogP contribution < -0.4 is 4.74 Å². The molecule has 0 spiro atoms. The van der Waals surface area contributed by atoms with Crippen molar-refractivity contribution in [1.82, 2.24) is 0 Å². The summed E-state index contributed by atoms with van der Waals surface area (Å²) in [5.41, 5.74) is 1.01. The van der Waals surface area contributed by atoms with Crippen LogP contribution in [0.1, 0.15) is 48.4 Å².